The van der Waals surface area contributed by atoms with Gasteiger partial charge in [-0.05, 0) is 36.4 Å². The summed E-state index contributed by atoms with van der Waals surface area (Å²) in [6, 6.07) is 15.0. The number of carbonyl (C=O) groups excluding carboxylic acids is 1. The zero-order valence-corrected chi connectivity index (χ0v) is 14.8. The molecule has 138 valence electrons. The standard InChI is InChI=1S/C20H19N3O4/c1-25-14-6-8-15(9-7-14)26-11-10-21-20(24)19-17-12-27-18-5-3-2-4-16(18)23(17)13-22-19/h2-9,13H,10-12H2,1H3,(H,21,24). The van der Waals surface area contributed by atoms with Gasteiger partial charge in [-0.15, -0.1) is 0 Å². The summed E-state index contributed by atoms with van der Waals surface area (Å²) < 4.78 is 18.3. The van der Waals surface area contributed by atoms with E-state index in [2.05, 4.69) is 10.3 Å². The van der Waals surface area contributed by atoms with E-state index in [1.807, 2.05) is 53.1 Å². The quantitative estimate of drug-likeness (QED) is 0.680. The second kappa shape index (κ2) is 7.41. The number of para-hydroxylation sites is 2. The molecular weight excluding hydrogens is 346 g/mol. The zero-order valence-electron chi connectivity index (χ0n) is 14.8. The minimum atomic E-state index is -0.245. The molecule has 3 aromatic rings. The zero-order chi connectivity index (χ0) is 18.6. The van der Waals surface area contributed by atoms with Crippen LogP contribution < -0.4 is 19.5 Å². The highest BCUT2D eigenvalue weighted by Crippen LogP contribution is 2.30. The molecule has 2 heterocycles. The van der Waals surface area contributed by atoms with Crippen molar-refractivity contribution >= 4 is 5.91 Å². The Bertz CT molecular complexity index is 950. The van der Waals surface area contributed by atoms with Gasteiger partial charge in [0.15, 0.2) is 5.69 Å². The van der Waals surface area contributed by atoms with Crippen LogP contribution in [0.5, 0.6) is 17.2 Å². The number of hydrogen-bond acceptors (Lipinski definition) is 5. The Morgan fingerprint density at radius 1 is 1.19 bits per heavy atom. The van der Waals surface area contributed by atoms with Crippen molar-refractivity contribution in [3.8, 4) is 22.9 Å². The van der Waals surface area contributed by atoms with Crippen LogP contribution in [0.3, 0.4) is 0 Å². The molecule has 1 aromatic heterocycles. The average molecular weight is 365 g/mol. The molecule has 2 aromatic carbocycles. The normalized spacial score (nSPS) is 11.7. The van der Waals surface area contributed by atoms with Crippen molar-refractivity contribution in [3.63, 3.8) is 0 Å². The molecule has 0 bridgehead atoms. The van der Waals surface area contributed by atoms with E-state index >= 15 is 0 Å². The molecule has 1 aliphatic heterocycles. The summed E-state index contributed by atoms with van der Waals surface area (Å²) >= 11 is 0. The second-order valence-electron chi connectivity index (χ2n) is 5.95. The highest BCUT2D eigenvalue weighted by Gasteiger charge is 2.24. The lowest BCUT2D eigenvalue weighted by Gasteiger charge is -2.20. The summed E-state index contributed by atoms with van der Waals surface area (Å²) in [6.45, 7) is 1.03. The fourth-order valence-electron chi connectivity index (χ4n) is 2.92. The van der Waals surface area contributed by atoms with Crippen molar-refractivity contribution in [3.05, 3.63) is 66.2 Å². The van der Waals surface area contributed by atoms with E-state index in [1.54, 1.807) is 13.4 Å². The number of benzene rings is 2. The predicted molar refractivity (Wildman–Crippen MR) is 98.7 cm³/mol. The van der Waals surface area contributed by atoms with E-state index in [4.69, 9.17) is 14.2 Å². The van der Waals surface area contributed by atoms with Gasteiger partial charge in [0.2, 0.25) is 0 Å². The number of nitrogens with one attached hydrogen (secondary N) is 1. The molecule has 0 radical (unpaired) electrons. The Balaban J connectivity index is 1.35. The first-order valence-electron chi connectivity index (χ1n) is 8.60. The van der Waals surface area contributed by atoms with Crippen LogP contribution in [0.1, 0.15) is 16.2 Å². The molecule has 0 aliphatic carbocycles. The third kappa shape index (κ3) is 3.44. The summed E-state index contributed by atoms with van der Waals surface area (Å²) in [5.74, 6) is 2.02. The Morgan fingerprint density at radius 2 is 1.96 bits per heavy atom. The first kappa shape index (κ1) is 17.0. The third-order valence-corrected chi connectivity index (χ3v) is 4.29. The summed E-state index contributed by atoms with van der Waals surface area (Å²) in [7, 11) is 1.61. The Morgan fingerprint density at radius 3 is 2.78 bits per heavy atom. The molecule has 4 rings (SSSR count). The molecular formula is C20H19N3O4. The monoisotopic (exact) mass is 365 g/mol. The van der Waals surface area contributed by atoms with Crippen molar-refractivity contribution in [1.82, 2.24) is 14.9 Å². The molecule has 7 nitrogen and oxygen atoms in total. The van der Waals surface area contributed by atoms with Gasteiger partial charge in [0.1, 0.15) is 36.8 Å². The van der Waals surface area contributed by atoms with E-state index in [0.29, 0.717) is 25.5 Å². The Labute approximate surface area is 156 Å². The number of imidazole rings is 1. The van der Waals surface area contributed by atoms with E-state index in [9.17, 15) is 4.79 Å². The number of ether oxygens (including phenoxy) is 3. The average Bonchev–Trinajstić information content (AvgIpc) is 3.16. The molecule has 1 aliphatic rings. The molecule has 7 heteroatoms. The molecule has 0 fully saturated rings. The maximum Gasteiger partial charge on any atom is 0.272 e. The Hall–Kier alpha value is -3.48. The lowest BCUT2D eigenvalue weighted by atomic mass is 10.2. The van der Waals surface area contributed by atoms with Gasteiger partial charge in [-0.3, -0.25) is 9.36 Å². The van der Waals surface area contributed by atoms with Gasteiger partial charge < -0.3 is 19.5 Å². The van der Waals surface area contributed by atoms with Gasteiger partial charge in [0.05, 0.1) is 25.0 Å². The first-order valence-corrected chi connectivity index (χ1v) is 8.60. The molecule has 0 atom stereocenters. The number of fused-ring (bicyclic) bond motifs is 3. The van der Waals surface area contributed by atoms with E-state index in [1.165, 1.54) is 0 Å². The van der Waals surface area contributed by atoms with Crippen molar-refractivity contribution in [2.24, 2.45) is 0 Å². The van der Waals surface area contributed by atoms with Crippen LogP contribution in [0.2, 0.25) is 0 Å². The van der Waals surface area contributed by atoms with Crippen LogP contribution >= 0.6 is 0 Å². The topological polar surface area (TPSA) is 74.6 Å². The van der Waals surface area contributed by atoms with Gasteiger partial charge in [-0.1, -0.05) is 12.1 Å². The predicted octanol–water partition coefficient (Wildman–Crippen LogP) is 2.58. The van der Waals surface area contributed by atoms with E-state index < -0.39 is 0 Å². The summed E-state index contributed by atoms with van der Waals surface area (Å²) in [5, 5.41) is 2.83. The summed E-state index contributed by atoms with van der Waals surface area (Å²) in [6.07, 6.45) is 1.65. The molecule has 1 N–H and O–H groups in total. The smallest absolute Gasteiger partial charge is 0.272 e. The molecule has 0 saturated carbocycles. The number of carbonyl (C=O) groups is 1. The molecule has 27 heavy (non-hydrogen) atoms. The van der Waals surface area contributed by atoms with Crippen molar-refractivity contribution in [2.45, 2.75) is 6.61 Å². The summed E-state index contributed by atoms with van der Waals surface area (Å²) in [4.78, 5) is 16.7. The van der Waals surface area contributed by atoms with Crippen LogP contribution in [-0.2, 0) is 6.61 Å². The minimum absolute atomic E-state index is 0.245. The highest BCUT2D eigenvalue weighted by molar-refractivity contribution is 5.93. The van der Waals surface area contributed by atoms with Gasteiger partial charge in [0.25, 0.3) is 5.91 Å². The maximum absolute atomic E-state index is 12.5. The minimum Gasteiger partial charge on any atom is -0.497 e. The van der Waals surface area contributed by atoms with Crippen LogP contribution in [-0.4, -0.2) is 35.7 Å². The van der Waals surface area contributed by atoms with Gasteiger partial charge in [0, 0.05) is 0 Å². The SMILES string of the molecule is COc1ccc(OCCNC(=O)c2ncn3c2COc2ccccc2-3)cc1. The van der Waals surface area contributed by atoms with Crippen molar-refractivity contribution in [2.75, 3.05) is 20.3 Å². The number of aromatic nitrogens is 2. The number of rotatable bonds is 6. The number of amides is 1. The first-order chi connectivity index (χ1) is 13.3. The maximum atomic E-state index is 12.5. The van der Waals surface area contributed by atoms with Crippen LogP contribution in [0.4, 0.5) is 0 Å². The number of methoxy groups -OCH3 is 1. The van der Waals surface area contributed by atoms with Crippen molar-refractivity contribution in [1.29, 1.82) is 0 Å². The summed E-state index contributed by atoms with van der Waals surface area (Å²) in [5.41, 5.74) is 1.99. The van der Waals surface area contributed by atoms with Gasteiger partial charge in [-0.2, -0.15) is 0 Å². The fraction of sp³-hybridized carbons (Fsp3) is 0.200. The molecule has 1 amide bonds. The van der Waals surface area contributed by atoms with Crippen molar-refractivity contribution < 1.29 is 19.0 Å². The number of hydrogen-bond donors (Lipinski definition) is 1. The van der Waals surface area contributed by atoms with Crippen LogP contribution in [0, 0.1) is 0 Å². The van der Waals surface area contributed by atoms with Crippen LogP contribution in [0.15, 0.2) is 54.9 Å². The van der Waals surface area contributed by atoms with Crippen LogP contribution in [0.25, 0.3) is 5.69 Å². The van der Waals surface area contributed by atoms with Gasteiger partial charge >= 0.3 is 0 Å². The lowest BCUT2D eigenvalue weighted by Crippen LogP contribution is -2.29. The highest BCUT2D eigenvalue weighted by atomic mass is 16.5. The molecule has 0 spiro atoms. The molecule has 0 saturated heterocycles. The van der Waals surface area contributed by atoms with E-state index in [0.717, 1.165) is 28.6 Å². The Kier molecular flexibility index (Phi) is 4.65. The lowest BCUT2D eigenvalue weighted by molar-refractivity contribution is 0.0939. The molecule has 0 unspecified atom stereocenters. The van der Waals surface area contributed by atoms with Gasteiger partial charge in [-0.25, -0.2) is 4.98 Å². The largest absolute Gasteiger partial charge is 0.497 e. The third-order valence-electron chi connectivity index (χ3n) is 4.29. The fourth-order valence-corrected chi connectivity index (χ4v) is 2.92. The number of nitrogens with zero attached hydrogens (tertiary/aromatic N) is 2. The second-order valence-corrected chi connectivity index (χ2v) is 5.95. The van der Waals surface area contributed by atoms with E-state index in [-0.39, 0.29) is 5.91 Å².